The maximum atomic E-state index is 12.1. The molecule has 3 aliphatic rings. The van der Waals surface area contributed by atoms with Gasteiger partial charge in [0.05, 0.1) is 22.8 Å². The van der Waals surface area contributed by atoms with Gasteiger partial charge in [-0.3, -0.25) is 24.7 Å². The van der Waals surface area contributed by atoms with Crippen LogP contribution in [0.15, 0.2) is 232 Å². The molecule has 0 unspecified atom stereocenters. The van der Waals surface area contributed by atoms with Gasteiger partial charge in [-0.05, 0) is 231 Å². The van der Waals surface area contributed by atoms with Crippen molar-refractivity contribution in [2.24, 2.45) is 29.6 Å². The quantitative estimate of drug-likeness (QED) is 0.137. The van der Waals surface area contributed by atoms with E-state index in [0.29, 0.717) is 0 Å². The fourth-order valence-corrected chi connectivity index (χ4v) is 13.2. The fraction of sp³-hybridized carbons (Fsp3) is 0.394. The van der Waals surface area contributed by atoms with E-state index >= 15 is 0 Å². The number of benzene rings is 7. The molecule has 3 aliphatic carbocycles. The van der Waals surface area contributed by atoms with Crippen LogP contribution in [-0.2, 0) is 5.41 Å². The molecule has 0 N–H and O–H groups in total. The summed E-state index contributed by atoms with van der Waals surface area (Å²) < 4.78 is 0. The third-order valence-electron chi connectivity index (χ3n) is 21.0. The van der Waals surface area contributed by atoms with Gasteiger partial charge in [0.1, 0.15) is 11.6 Å². The Morgan fingerprint density at radius 2 is 0.531 bits per heavy atom. The molecule has 0 radical (unpaired) electrons. The van der Waals surface area contributed by atoms with Crippen molar-refractivity contribution in [3.05, 3.63) is 355 Å². The van der Waals surface area contributed by atoms with E-state index in [1.807, 2.05) is 169 Å². The Kier molecular flexibility index (Phi) is 42.2. The molecule has 9 nitrogen and oxygen atoms in total. The molecular formula is C104H136N8O. The van der Waals surface area contributed by atoms with Crippen LogP contribution in [0.3, 0.4) is 0 Å². The van der Waals surface area contributed by atoms with Crippen molar-refractivity contribution in [1.29, 1.82) is 0 Å². The van der Waals surface area contributed by atoms with E-state index in [2.05, 4.69) is 243 Å². The van der Waals surface area contributed by atoms with E-state index in [9.17, 15) is 4.79 Å². The summed E-state index contributed by atoms with van der Waals surface area (Å²) in [5.74, 6) is 7.80. The van der Waals surface area contributed by atoms with E-state index in [1.165, 1.54) is 113 Å². The summed E-state index contributed by atoms with van der Waals surface area (Å²) in [4.78, 5) is 44.0. The number of aryl methyl sites for hydroxylation is 15. The maximum absolute atomic E-state index is 12.1. The predicted octanol–water partition coefficient (Wildman–Crippen LogP) is 27.5. The molecule has 3 saturated carbocycles. The lowest BCUT2D eigenvalue weighted by molar-refractivity contribution is 0.103. The molecule has 113 heavy (non-hydrogen) atoms. The monoisotopic (exact) mass is 1510 g/mol. The van der Waals surface area contributed by atoms with Gasteiger partial charge >= 0.3 is 0 Å². The van der Waals surface area contributed by atoms with Crippen molar-refractivity contribution in [3.63, 3.8) is 0 Å². The van der Waals surface area contributed by atoms with Crippen LogP contribution < -0.4 is 0 Å². The molecule has 4 heterocycles. The van der Waals surface area contributed by atoms with Crippen LogP contribution >= 0.6 is 0 Å². The zero-order valence-corrected chi connectivity index (χ0v) is 73.0. The van der Waals surface area contributed by atoms with Crippen LogP contribution in [0.4, 0.5) is 0 Å². The zero-order valence-electron chi connectivity index (χ0n) is 73.0. The number of hydrogen-bond donors (Lipinski definition) is 0. The van der Waals surface area contributed by atoms with Crippen LogP contribution in [0, 0.1) is 133 Å². The standard InChI is InChI=1S/C17H20.C15H14O.C14H26.C14H20.2C10H12.4C6H8N2/c1-13-5-9-15(10-6-13)17(3,4)16-11-7-14(2)8-12-16;1-11-3-7-13(8-4-11)15(16)14-9-5-12(2)6-10-14;2*1-11-3-7-13(8-4-11)14-9-5-12(2)6-10-14;2*1-3-4-10-7-5-9(2)6-8-10;2*1-5-3-8-6(2)4-7-5;2*1-5-3-7-6(2)8-4-5/h5-12H,1-4H3;3-10H,1-2H3;11-14H,3-10H2,1-2H3;3-4,7-8,12,14H,5-6,9-10H2,1-2H3;2*3-8H,1-2H3;4*3-4H,1-2H3. The van der Waals surface area contributed by atoms with E-state index in [-0.39, 0.29) is 11.2 Å². The minimum absolute atomic E-state index is 0.0708. The third-order valence-corrected chi connectivity index (χ3v) is 21.0. The van der Waals surface area contributed by atoms with Crippen molar-refractivity contribution in [1.82, 2.24) is 39.9 Å². The molecule has 9 heteroatoms. The van der Waals surface area contributed by atoms with Gasteiger partial charge in [-0.15, -0.1) is 0 Å². The number of aromatic nitrogens is 8. The van der Waals surface area contributed by atoms with Gasteiger partial charge in [0.2, 0.25) is 0 Å². The number of nitrogens with zero attached hydrogens (tertiary/aromatic N) is 8. The molecule has 7 aromatic carbocycles. The second-order valence-corrected chi connectivity index (χ2v) is 32.4. The van der Waals surface area contributed by atoms with E-state index < -0.39 is 0 Å². The fourth-order valence-electron chi connectivity index (χ4n) is 13.2. The topological polar surface area (TPSA) is 120 Å². The molecule has 0 saturated heterocycles. The smallest absolute Gasteiger partial charge is 0.193 e. The summed E-state index contributed by atoms with van der Waals surface area (Å²) >= 11 is 0. The summed E-state index contributed by atoms with van der Waals surface area (Å²) in [6.45, 7) is 45.9. The van der Waals surface area contributed by atoms with Crippen LogP contribution in [-0.4, -0.2) is 45.7 Å². The number of allylic oxidation sites excluding steroid dienone is 2. The molecule has 11 aromatic rings. The number of carbonyl (C=O) groups is 1. The van der Waals surface area contributed by atoms with E-state index in [0.717, 1.165) is 92.2 Å². The van der Waals surface area contributed by atoms with Gasteiger partial charge < -0.3 is 0 Å². The minimum atomic E-state index is 0.0708. The Balaban J connectivity index is 0.000000227. The van der Waals surface area contributed by atoms with Crippen LogP contribution in [0.25, 0.3) is 12.2 Å². The molecule has 4 aromatic heterocycles. The maximum Gasteiger partial charge on any atom is 0.193 e. The summed E-state index contributed by atoms with van der Waals surface area (Å²) in [6.07, 6.45) is 40.4. The molecule has 14 rings (SSSR count). The van der Waals surface area contributed by atoms with Crippen LogP contribution in [0.5, 0.6) is 0 Å². The number of ketones is 1. The van der Waals surface area contributed by atoms with Crippen molar-refractivity contribution in [3.8, 4) is 0 Å². The van der Waals surface area contributed by atoms with Gasteiger partial charge in [-0.2, -0.15) is 0 Å². The Morgan fingerprint density at radius 3 is 0.779 bits per heavy atom. The lowest BCUT2D eigenvalue weighted by atomic mass is 9.70. The number of carbonyl (C=O) groups excluding carboxylic acids is 1. The first kappa shape index (κ1) is 93.6. The molecule has 0 spiro atoms. The van der Waals surface area contributed by atoms with Crippen molar-refractivity contribution < 1.29 is 4.79 Å². The number of rotatable bonds is 8. The highest BCUT2D eigenvalue weighted by Crippen LogP contribution is 2.41. The number of hydrogen-bond acceptors (Lipinski definition) is 9. The van der Waals surface area contributed by atoms with Gasteiger partial charge in [0, 0.05) is 66.1 Å². The van der Waals surface area contributed by atoms with E-state index in [1.54, 1.807) is 56.0 Å². The largest absolute Gasteiger partial charge is 0.289 e. The summed E-state index contributed by atoms with van der Waals surface area (Å²) in [5, 5.41) is 0. The lowest BCUT2D eigenvalue weighted by Crippen LogP contribution is -2.24. The molecule has 0 amide bonds. The molecule has 3 fully saturated rings. The second kappa shape index (κ2) is 50.9. The van der Waals surface area contributed by atoms with Crippen molar-refractivity contribution >= 4 is 17.9 Å². The summed E-state index contributed by atoms with van der Waals surface area (Å²) in [6, 6.07) is 59.1. The third kappa shape index (κ3) is 37.9. The van der Waals surface area contributed by atoms with Gasteiger partial charge in [0.25, 0.3) is 0 Å². The average molecular weight is 1510 g/mol. The Labute approximate surface area is 683 Å². The summed E-state index contributed by atoms with van der Waals surface area (Å²) in [5.41, 5.74) is 23.4. The van der Waals surface area contributed by atoms with Crippen molar-refractivity contribution in [2.45, 2.75) is 241 Å². The Bertz CT molecular complexity index is 3980. The van der Waals surface area contributed by atoms with E-state index in [4.69, 9.17) is 0 Å². The summed E-state index contributed by atoms with van der Waals surface area (Å²) in [7, 11) is 0. The SMILES string of the molecule is CC1CCC(C2CCC(C)CC2)CC1.CC=Cc1ccc(C)cc1.CC=Cc1ccc(C)cc1.Cc1ccc(C(=O)c2ccc(C)cc2)cc1.Cc1ccc(C(C)(C)c2ccc(C)cc2)cc1.Cc1ccc(C2CCC(C)CC2)cc1.Cc1cnc(C)cn1.Cc1cnc(C)cn1.Cc1cnc(C)nc1.Cc1cnc(C)nc1. The molecule has 598 valence electrons. The first-order valence-electron chi connectivity index (χ1n) is 41.3. The molecule has 0 bridgehead atoms. The average Bonchev–Trinajstić information content (AvgIpc) is 0.811. The van der Waals surface area contributed by atoms with Crippen LogP contribution in [0.1, 0.15) is 260 Å². The molecule has 0 aliphatic heterocycles. The predicted molar refractivity (Wildman–Crippen MR) is 482 cm³/mol. The van der Waals surface area contributed by atoms with Gasteiger partial charge in [0.15, 0.2) is 5.78 Å². The first-order chi connectivity index (χ1) is 54.0. The van der Waals surface area contributed by atoms with Gasteiger partial charge in [-0.1, -0.05) is 306 Å². The van der Waals surface area contributed by atoms with Crippen molar-refractivity contribution in [2.75, 3.05) is 0 Å². The molecule has 0 atom stereocenters. The Morgan fingerprint density at radius 1 is 0.292 bits per heavy atom. The first-order valence-corrected chi connectivity index (χ1v) is 41.3. The highest BCUT2D eigenvalue weighted by atomic mass is 16.1. The van der Waals surface area contributed by atoms with Gasteiger partial charge in [-0.25, -0.2) is 19.9 Å². The normalized spacial score (nSPS) is 16.7. The second-order valence-electron chi connectivity index (χ2n) is 32.4. The highest BCUT2D eigenvalue weighted by Gasteiger charge is 2.29. The van der Waals surface area contributed by atoms with Crippen LogP contribution in [0.2, 0.25) is 0 Å². The zero-order chi connectivity index (χ0) is 82.7. The Hall–Kier alpha value is -9.99. The lowest BCUT2D eigenvalue weighted by Gasteiger charge is -2.36. The highest BCUT2D eigenvalue weighted by molar-refractivity contribution is 6.09. The minimum Gasteiger partial charge on any atom is -0.289 e. The molecular weight excluding hydrogens is 1380 g/mol.